The van der Waals surface area contributed by atoms with Crippen LogP contribution in [-0.2, 0) is 9.47 Å². The van der Waals surface area contributed by atoms with E-state index in [1.807, 2.05) is 6.92 Å². The third-order valence-corrected chi connectivity index (χ3v) is 3.93. The first kappa shape index (κ1) is 13.0. The van der Waals surface area contributed by atoms with Crippen LogP contribution in [0.4, 0.5) is 8.78 Å². The quantitative estimate of drug-likeness (QED) is 0.741. The van der Waals surface area contributed by atoms with Crippen molar-refractivity contribution in [1.82, 2.24) is 0 Å². The van der Waals surface area contributed by atoms with Crippen LogP contribution in [0.15, 0.2) is 12.2 Å². The maximum atomic E-state index is 12.1. The number of hydrogen-bond donors (Lipinski definition) is 0. The van der Waals surface area contributed by atoms with Crippen LogP contribution >= 0.6 is 0 Å². The molecule has 2 nitrogen and oxygen atoms in total. The van der Waals surface area contributed by atoms with E-state index in [1.54, 1.807) is 0 Å². The van der Waals surface area contributed by atoms with E-state index in [2.05, 4.69) is 0 Å². The second kappa shape index (κ2) is 5.91. The molecule has 2 fully saturated rings. The second-order valence-electron chi connectivity index (χ2n) is 5.13. The highest BCUT2D eigenvalue weighted by atomic mass is 19.3. The zero-order valence-corrected chi connectivity index (χ0v) is 10.2. The normalized spacial score (nSPS) is 38.8. The van der Waals surface area contributed by atoms with Gasteiger partial charge in [0.25, 0.3) is 6.08 Å². The lowest BCUT2D eigenvalue weighted by molar-refractivity contribution is -0.200. The predicted octanol–water partition coefficient (Wildman–Crippen LogP) is 3.58. The molecule has 98 valence electrons. The fourth-order valence-corrected chi connectivity index (χ4v) is 2.85. The van der Waals surface area contributed by atoms with Crippen molar-refractivity contribution in [2.24, 2.45) is 17.8 Å². The van der Waals surface area contributed by atoms with Crippen LogP contribution in [0.5, 0.6) is 0 Å². The summed E-state index contributed by atoms with van der Waals surface area (Å²) in [4.78, 5) is 0. The second-order valence-corrected chi connectivity index (χ2v) is 5.13. The number of allylic oxidation sites excluding steroid dienone is 1. The first-order chi connectivity index (χ1) is 8.15. The maximum absolute atomic E-state index is 12.1. The zero-order chi connectivity index (χ0) is 12.3. The standard InChI is InChI=1S/C13H20F2O2/c1-9-16-7-12(8-17-9)11-4-2-10(3-5-11)6-13(14)15/h6,9-12H,2-5,7-8H2,1H3. The summed E-state index contributed by atoms with van der Waals surface area (Å²) >= 11 is 0. The molecule has 0 radical (unpaired) electrons. The average molecular weight is 246 g/mol. The SMILES string of the molecule is CC1OCC(C2CCC(C=C(F)F)CC2)CO1. The van der Waals surface area contributed by atoms with Gasteiger partial charge in [-0.25, -0.2) is 0 Å². The first-order valence-corrected chi connectivity index (χ1v) is 6.41. The lowest BCUT2D eigenvalue weighted by Gasteiger charge is -2.36. The molecule has 4 heteroatoms. The molecule has 1 aliphatic heterocycles. The summed E-state index contributed by atoms with van der Waals surface area (Å²) in [5.74, 6) is 1.10. The van der Waals surface area contributed by atoms with Crippen molar-refractivity contribution in [1.29, 1.82) is 0 Å². The Bertz CT molecular complexity index is 261. The molecule has 0 spiro atoms. The largest absolute Gasteiger partial charge is 0.353 e. The van der Waals surface area contributed by atoms with Crippen molar-refractivity contribution in [2.75, 3.05) is 13.2 Å². The summed E-state index contributed by atoms with van der Waals surface area (Å²) < 4.78 is 35.2. The zero-order valence-electron chi connectivity index (χ0n) is 10.2. The van der Waals surface area contributed by atoms with Crippen LogP contribution in [0.25, 0.3) is 0 Å². The van der Waals surface area contributed by atoms with Crippen LogP contribution in [-0.4, -0.2) is 19.5 Å². The summed E-state index contributed by atoms with van der Waals surface area (Å²) in [5, 5.41) is 0. The van der Waals surface area contributed by atoms with Crippen LogP contribution in [0.3, 0.4) is 0 Å². The molecule has 0 aromatic carbocycles. The topological polar surface area (TPSA) is 18.5 Å². The fraction of sp³-hybridized carbons (Fsp3) is 0.846. The van der Waals surface area contributed by atoms with Crippen molar-refractivity contribution in [3.05, 3.63) is 12.2 Å². The molecule has 0 unspecified atom stereocenters. The van der Waals surface area contributed by atoms with Gasteiger partial charge in [-0.3, -0.25) is 0 Å². The molecule has 1 heterocycles. The Balaban J connectivity index is 1.77. The van der Waals surface area contributed by atoms with Gasteiger partial charge in [-0.05, 0) is 50.5 Å². The van der Waals surface area contributed by atoms with Crippen molar-refractivity contribution in [3.8, 4) is 0 Å². The lowest BCUT2D eigenvalue weighted by atomic mass is 9.76. The molecular formula is C13H20F2O2. The first-order valence-electron chi connectivity index (χ1n) is 6.41. The van der Waals surface area contributed by atoms with E-state index < -0.39 is 6.08 Å². The third kappa shape index (κ3) is 3.75. The molecule has 0 N–H and O–H groups in total. The summed E-state index contributed by atoms with van der Waals surface area (Å²) in [6.07, 6.45) is 3.26. The molecule has 1 aliphatic carbocycles. The van der Waals surface area contributed by atoms with E-state index >= 15 is 0 Å². The number of ether oxygens (including phenoxy) is 2. The van der Waals surface area contributed by atoms with Gasteiger partial charge in [0.1, 0.15) is 0 Å². The van der Waals surface area contributed by atoms with Crippen molar-refractivity contribution in [3.63, 3.8) is 0 Å². The van der Waals surface area contributed by atoms with Crippen LogP contribution in [0.2, 0.25) is 0 Å². The Hall–Kier alpha value is -0.480. The smallest absolute Gasteiger partial charge is 0.266 e. The highest BCUT2D eigenvalue weighted by Gasteiger charge is 2.30. The lowest BCUT2D eigenvalue weighted by Crippen LogP contribution is -2.36. The van der Waals surface area contributed by atoms with Crippen LogP contribution in [0.1, 0.15) is 32.6 Å². The number of hydrogen-bond acceptors (Lipinski definition) is 2. The average Bonchev–Trinajstić information content (AvgIpc) is 2.30. The molecular weight excluding hydrogens is 226 g/mol. The molecule has 0 aromatic rings. The van der Waals surface area contributed by atoms with E-state index in [0.717, 1.165) is 45.0 Å². The van der Waals surface area contributed by atoms with Gasteiger partial charge in [-0.1, -0.05) is 0 Å². The van der Waals surface area contributed by atoms with E-state index in [4.69, 9.17) is 9.47 Å². The molecule has 0 bridgehead atoms. The highest BCUT2D eigenvalue weighted by molar-refractivity contribution is 4.91. The van der Waals surface area contributed by atoms with Gasteiger partial charge in [0.05, 0.1) is 13.2 Å². The minimum Gasteiger partial charge on any atom is -0.353 e. The molecule has 0 atom stereocenters. The summed E-state index contributed by atoms with van der Waals surface area (Å²) in [6.45, 7) is 3.41. The molecule has 2 rings (SSSR count). The van der Waals surface area contributed by atoms with Crippen molar-refractivity contribution < 1.29 is 18.3 Å². The molecule has 0 amide bonds. The van der Waals surface area contributed by atoms with E-state index in [0.29, 0.717) is 11.8 Å². The Labute approximate surface area is 101 Å². The molecule has 0 aromatic heterocycles. The molecule has 1 saturated carbocycles. The highest BCUT2D eigenvalue weighted by Crippen LogP contribution is 2.36. The maximum Gasteiger partial charge on any atom is 0.266 e. The van der Waals surface area contributed by atoms with Gasteiger partial charge in [-0.2, -0.15) is 8.78 Å². The van der Waals surface area contributed by atoms with E-state index in [-0.39, 0.29) is 12.2 Å². The Morgan fingerprint density at radius 2 is 1.59 bits per heavy atom. The van der Waals surface area contributed by atoms with E-state index in [9.17, 15) is 8.78 Å². The van der Waals surface area contributed by atoms with Crippen molar-refractivity contribution in [2.45, 2.75) is 38.9 Å². The van der Waals surface area contributed by atoms with Crippen molar-refractivity contribution >= 4 is 0 Å². The van der Waals surface area contributed by atoms with Gasteiger partial charge in [0.15, 0.2) is 6.29 Å². The number of rotatable bonds is 2. The third-order valence-electron chi connectivity index (χ3n) is 3.93. The van der Waals surface area contributed by atoms with Gasteiger partial charge in [0, 0.05) is 5.92 Å². The van der Waals surface area contributed by atoms with Gasteiger partial charge in [0.2, 0.25) is 0 Å². The Morgan fingerprint density at radius 1 is 1.00 bits per heavy atom. The van der Waals surface area contributed by atoms with Crippen LogP contribution < -0.4 is 0 Å². The Kier molecular flexibility index (Phi) is 4.51. The minimum absolute atomic E-state index is 0.0700. The summed E-state index contributed by atoms with van der Waals surface area (Å²) in [6, 6.07) is 0. The minimum atomic E-state index is -1.54. The molecule has 2 aliphatic rings. The number of halogens is 2. The van der Waals surface area contributed by atoms with Crippen LogP contribution in [0, 0.1) is 17.8 Å². The fourth-order valence-electron chi connectivity index (χ4n) is 2.85. The monoisotopic (exact) mass is 246 g/mol. The van der Waals surface area contributed by atoms with Gasteiger partial charge >= 0.3 is 0 Å². The Morgan fingerprint density at radius 3 is 2.12 bits per heavy atom. The molecule has 17 heavy (non-hydrogen) atoms. The van der Waals surface area contributed by atoms with E-state index in [1.165, 1.54) is 0 Å². The summed E-state index contributed by atoms with van der Waals surface area (Å²) in [5.41, 5.74) is 0. The van der Waals surface area contributed by atoms with Gasteiger partial charge in [-0.15, -0.1) is 0 Å². The van der Waals surface area contributed by atoms with Gasteiger partial charge < -0.3 is 9.47 Å². The molecule has 1 saturated heterocycles. The predicted molar refractivity (Wildman–Crippen MR) is 60.6 cm³/mol. The summed E-state index contributed by atoms with van der Waals surface area (Å²) in [7, 11) is 0.